The first kappa shape index (κ1) is 10.6. The molecule has 0 spiro atoms. The lowest BCUT2D eigenvalue weighted by atomic mass is 10.3. The van der Waals surface area contributed by atoms with Crippen LogP contribution in [0.1, 0.15) is 17.7 Å². The average molecular weight is 225 g/mol. The molecule has 3 nitrogen and oxygen atoms in total. The van der Waals surface area contributed by atoms with Crippen LogP contribution in [0.15, 0.2) is 17.5 Å². The molecule has 1 aliphatic rings. The third-order valence-corrected chi connectivity index (χ3v) is 3.56. The molecule has 0 radical (unpaired) electrons. The number of nitrogens with zero attached hydrogens (tertiary/aromatic N) is 1. The molecule has 2 rings (SSSR count). The van der Waals surface area contributed by atoms with Crippen molar-refractivity contribution >= 4 is 17.3 Å². The highest BCUT2D eigenvalue weighted by Gasteiger charge is 2.29. The molecule has 0 atom stereocenters. The molecule has 1 aromatic rings. The van der Waals surface area contributed by atoms with E-state index < -0.39 is 5.97 Å². The molecular weight excluding hydrogens is 210 g/mol. The zero-order chi connectivity index (χ0) is 10.7. The maximum atomic E-state index is 10.7. The molecule has 1 aromatic heterocycles. The van der Waals surface area contributed by atoms with E-state index in [1.54, 1.807) is 11.3 Å². The van der Waals surface area contributed by atoms with E-state index >= 15 is 0 Å². The molecule has 0 saturated heterocycles. The summed E-state index contributed by atoms with van der Waals surface area (Å²) in [4.78, 5) is 14.1. The van der Waals surface area contributed by atoms with E-state index in [4.69, 9.17) is 5.11 Å². The van der Waals surface area contributed by atoms with Crippen LogP contribution in [0.5, 0.6) is 0 Å². The van der Waals surface area contributed by atoms with E-state index in [2.05, 4.69) is 16.3 Å². The fourth-order valence-electron chi connectivity index (χ4n) is 1.71. The Morgan fingerprint density at radius 1 is 1.60 bits per heavy atom. The molecule has 0 unspecified atom stereocenters. The minimum absolute atomic E-state index is 0.191. The number of carboxylic acid groups (broad SMARTS) is 1. The van der Waals surface area contributed by atoms with Crippen molar-refractivity contribution in [3.63, 3.8) is 0 Å². The Bertz CT molecular complexity index is 319. The number of thiophene rings is 1. The molecule has 1 heterocycles. The first-order valence-electron chi connectivity index (χ1n) is 5.24. The van der Waals surface area contributed by atoms with Gasteiger partial charge in [0, 0.05) is 17.5 Å². The van der Waals surface area contributed by atoms with Gasteiger partial charge >= 0.3 is 5.97 Å². The zero-order valence-corrected chi connectivity index (χ0v) is 9.37. The highest BCUT2D eigenvalue weighted by molar-refractivity contribution is 7.09. The number of hydrogen-bond donors (Lipinski definition) is 1. The van der Waals surface area contributed by atoms with Crippen LogP contribution >= 0.6 is 11.3 Å². The number of carboxylic acids is 1. The van der Waals surface area contributed by atoms with Crippen LogP contribution < -0.4 is 0 Å². The van der Waals surface area contributed by atoms with E-state index in [1.165, 1.54) is 4.88 Å². The van der Waals surface area contributed by atoms with Crippen molar-refractivity contribution in [2.75, 3.05) is 13.1 Å². The molecular formula is C11H15NO2S. The SMILES string of the molecule is O=C(O)CN(CCc1cccs1)C1CC1. The van der Waals surface area contributed by atoms with E-state index in [-0.39, 0.29) is 6.54 Å². The van der Waals surface area contributed by atoms with Gasteiger partial charge in [-0.05, 0) is 30.7 Å². The standard InChI is InChI=1S/C11H15NO2S/c13-11(14)8-12(9-3-4-9)6-5-10-2-1-7-15-10/h1-2,7,9H,3-6,8H2,(H,13,14). The second kappa shape index (κ2) is 4.77. The molecule has 1 aliphatic carbocycles. The van der Waals surface area contributed by atoms with E-state index in [0.717, 1.165) is 25.8 Å². The maximum Gasteiger partial charge on any atom is 0.317 e. The van der Waals surface area contributed by atoms with Gasteiger partial charge in [-0.25, -0.2) is 0 Å². The Morgan fingerprint density at radius 2 is 2.40 bits per heavy atom. The van der Waals surface area contributed by atoms with E-state index in [9.17, 15) is 4.79 Å². The Labute approximate surface area is 93.3 Å². The number of aliphatic carboxylic acids is 1. The third kappa shape index (κ3) is 3.32. The van der Waals surface area contributed by atoms with Gasteiger partial charge in [-0.3, -0.25) is 9.69 Å². The molecule has 0 aromatic carbocycles. The second-order valence-electron chi connectivity index (χ2n) is 3.92. The first-order valence-corrected chi connectivity index (χ1v) is 6.12. The molecule has 15 heavy (non-hydrogen) atoms. The topological polar surface area (TPSA) is 40.5 Å². The van der Waals surface area contributed by atoms with Gasteiger partial charge in [-0.1, -0.05) is 6.07 Å². The predicted molar refractivity (Wildman–Crippen MR) is 60.3 cm³/mol. The normalized spacial score (nSPS) is 15.8. The smallest absolute Gasteiger partial charge is 0.317 e. The van der Waals surface area contributed by atoms with Crippen molar-refractivity contribution in [2.24, 2.45) is 0 Å². The van der Waals surface area contributed by atoms with Gasteiger partial charge in [0.05, 0.1) is 6.54 Å². The summed E-state index contributed by atoms with van der Waals surface area (Å²) in [6.07, 6.45) is 3.30. The van der Waals surface area contributed by atoms with Crippen molar-refractivity contribution < 1.29 is 9.90 Å². The monoisotopic (exact) mass is 225 g/mol. The van der Waals surface area contributed by atoms with Crippen molar-refractivity contribution in [1.82, 2.24) is 4.90 Å². The Kier molecular flexibility index (Phi) is 3.38. The molecule has 1 saturated carbocycles. The highest BCUT2D eigenvalue weighted by atomic mass is 32.1. The maximum absolute atomic E-state index is 10.7. The third-order valence-electron chi connectivity index (χ3n) is 2.63. The van der Waals surface area contributed by atoms with Crippen LogP contribution in [0.2, 0.25) is 0 Å². The van der Waals surface area contributed by atoms with Gasteiger partial charge in [-0.2, -0.15) is 0 Å². The molecule has 0 amide bonds. The fraction of sp³-hybridized carbons (Fsp3) is 0.545. The highest BCUT2D eigenvalue weighted by Crippen LogP contribution is 2.26. The lowest BCUT2D eigenvalue weighted by molar-refractivity contribution is -0.138. The summed E-state index contributed by atoms with van der Waals surface area (Å²) >= 11 is 1.74. The summed E-state index contributed by atoms with van der Waals surface area (Å²) in [6, 6.07) is 4.68. The molecule has 1 fully saturated rings. The van der Waals surface area contributed by atoms with Crippen molar-refractivity contribution in [3.8, 4) is 0 Å². The van der Waals surface area contributed by atoms with Crippen molar-refractivity contribution in [3.05, 3.63) is 22.4 Å². The Balaban J connectivity index is 1.81. The fourth-order valence-corrected chi connectivity index (χ4v) is 2.41. The first-order chi connectivity index (χ1) is 7.25. The molecule has 4 heteroatoms. The van der Waals surface area contributed by atoms with Gasteiger partial charge in [-0.15, -0.1) is 11.3 Å². The lowest BCUT2D eigenvalue weighted by Crippen LogP contribution is -2.33. The summed E-state index contributed by atoms with van der Waals surface area (Å²) in [5.74, 6) is -0.715. The van der Waals surface area contributed by atoms with Gasteiger partial charge < -0.3 is 5.11 Å². The second-order valence-corrected chi connectivity index (χ2v) is 4.96. The number of carbonyl (C=O) groups is 1. The molecule has 1 N–H and O–H groups in total. The van der Waals surface area contributed by atoms with Gasteiger partial charge in [0.2, 0.25) is 0 Å². The average Bonchev–Trinajstić information content (AvgIpc) is 2.90. The Morgan fingerprint density at radius 3 is 2.93 bits per heavy atom. The lowest BCUT2D eigenvalue weighted by Gasteiger charge is -2.18. The van der Waals surface area contributed by atoms with Crippen LogP contribution in [0.3, 0.4) is 0 Å². The molecule has 0 bridgehead atoms. The predicted octanol–water partition coefficient (Wildman–Crippen LogP) is 1.84. The summed E-state index contributed by atoms with van der Waals surface area (Å²) in [6.45, 7) is 1.06. The van der Waals surface area contributed by atoms with Gasteiger partial charge in [0.1, 0.15) is 0 Å². The van der Waals surface area contributed by atoms with Crippen LogP contribution in [0.4, 0.5) is 0 Å². The summed E-state index contributed by atoms with van der Waals surface area (Å²) < 4.78 is 0. The minimum atomic E-state index is -0.715. The van der Waals surface area contributed by atoms with Crippen molar-refractivity contribution in [2.45, 2.75) is 25.3 Å². The van der Waals surface area contributed by atoms with Gasteiger partial charge in [0.25, 0.3) is 0 Å². The van der Waals surface area contributed by atoms with Crippen LogP contribution in [-0.2, 0) is 11.2 Å². The quantitative estimate of drug-likeness (QED) is 0.803. The van der Waals surface area contributed by atoms with E-state index in [0.29, 0.717) is 6.04 Å². The minimum Gasteiger partial charge on any atom is -0.480 e. The number of rotatable bonds is 6. The van der Waals surface area contributed by atoms with Crippen molar-refractivity contribution in [1.29, 1.82) is 0 Å². The van der Waals surface area contributed by atoms with Gasteiger partial charge in [0.15, 0.2) is 0 Å². The van der Waals surface area contributed by atoms with Crippen LogP contribution in [0, 0.1) is 0 Å². The largest absolute Gasteiger partial charge is 0.480 e. The summed E-state index contributed by atoms with van der Waals surface area (Å²) in [5.41, 5.74) is 0. The number of hydrogen-bond acceptors (Lipinski definition) is 3. The Hall–Kier alpha value is -0.870. The molecule has 0 aliphatic heterocycles. The molecule has 82 valence electrons. The summed E-state index contributed by atoms with van der Waals surface area (Å²) in [5, 5.41) is 10.8. The van der Waals surface area contributed by atoms with E-state index in [1.807, 2.05) is 6.07 Å². The van der Waals surface area contributed by atoms with Crippen LogP contribution in [-0.4, -0.2) is 35.1 Å². The van der Waals surface area contributed by atoms with Crippen LogP contribution in [0.25, 0.3) is 0 Å². The summed E-state index contributed by atoms with van der Waals surface area (Å²) in [7, 11) is 0. The zero-order valence-electron chi connectivity index (χ0n) is 8.56.